The fraction of sp³-hybridized carbons (Fsp3) is 0.333. The summed E-state index contributed by atoms with van der Waals surface area (Å²) in [5.74, 6) is -0.269. The normalized spacial score (nSPS) is 20.0. The van der Waals surface area contributed by atoms with Crippen molar-refractivity contribution in [2.75, 3.05) is 23.2 Å². The average molecular weight is 419 g/mol. The van der Waals surface area contributed by atoms with Crippen molar-refractivity contribution < 1.29 is 17.9 Å². The minimum atomic E-state index is -3.77. The van der Waals surface area contributed by atoms with Gasteiger partial charge in [-0.25, -0.2) is 13.4 Å². The van der Waals surface area contributed by atoms with Gasteiger partial charge in [0.25, 0.3) is 10.0 Å². The number of thiazole rings is 1. The molecule has 3 rings (SSSR count). The van der Waals surface area contributed by atoms with Crippen molar-refractivity contribution in [3.63, 3.8) is 0 Å². The minimum Gasteiger partial charge on any atom is -0.375 e. The Morgan fingerprint density at radius 3 is 2.92 bits per heavy atom. The molecule has 0 saturated carbocycles. The zero-order valence-corrected chi connectivity index (χ0v) is 16.3. The molecule has 1 aliphatic rings. The van der Waals surface area contributed by atoms with E-state index in [-0.39, 0.29) is 34.4 Å². The Morgan fingerprint density at radius 2 is 2.23 bits per heavy atom. The van der Waals surface area contributed by atoms with Crippen molar-refractivity contribution in [2.24, 2.45) is 0 Å². The molecule has 0 unspecified atom stereocenters. The van der Waals surface area contributed by atoms with Gasteiger partial charge in [-0.05, 0) is 25.1 Å². The molecule has 0 radical (unpaired) electrons. The summed E-state index contributed by atoms with van der Waals surface area (Å²) in [5, 5.41) is 7.78. The number of ether oxygens (including phenoxy) is 1. The van der Waals surface area contributed by atoms with Crippen molar-refractivity contribution >= 4 is 50.5 Å². The Kier molecular flexibility index (Phi) is 6.95. The van der Waals surface area contributed by atoms with E-state index in [0.29, 0.717) is 18.8 Å². The summed E-state index contributed by atoms with van der Waals surface area (Å²) < 4.78 is 32.7. The number of anilines is 2. The number of carbonyl (C=O) groups excluding carboxylic acids is 1. The van der Waals surface area contributed by atoms with Crippen LogP contribution in [0, 0.1) is 0 Å². The lowest BCUT2D eigenvalue weighted by atomic mass is 10.1. The zero-order chi connectivity index (χ0) is 17.9. The first-order chi connectivity index (χ1) is 12.0. The number of carbonyl (C=O) groups is 1. The van der Waals surface area contributed by atoms with Crippen molar-refractivity contribution in [3.8, 4) is 0 Å². The summed E-state index contributed by atoms with van der Waals surface area (Å²) in [6, 6.07) is 5.58. The fourth-order valence-corrected chi connectivity index (χ4v) is 4.27. The molecule has 142 valence electrons. The summed E-state index contributed by atoms with van der Waals surface area (Å²) >= 11 is 1.19. The van der Waals surface area contributed by atoms with Gasteiger partial charge >= 0.3 is 0 Å². The van der Waals surface area contributed by atoms with E-state index < -0.39 is 16.1 Å². The molecule has 2 atom stereocenters. The molecular formula is C15H19ClN4O4S2. The number of hydrogen-bond acceptors (Lipinski definition) is 7. The lowest BCUT2D eigenvalue weighted by molar-refractivity contribution is -0.123. The quantitative estimate of drug-likeness (QED) is 0.681. The standard InChI is InChI=1S/C15H18N4O4S2.ClH/c1-10-13(16-5-7-23-10)14(20)18-11-3-2-4-12(9-11)25(21,22)19-15-17-6-8-24-15;/h2-4,6,8-10,13,16H,5,7H2,1H3,(H,17,19)(H,18,20);1H/t10-,13+;/m1./s1. The van der Waals surface area contributed by atoms with Crippen LogP contribution < -0.4 is 15.4 Å². The predicted molar refractivity (Wildman–Crippen MR) is 102 cm³/mol. The van der Waals surface area contributed by atoms with Gasteiger partial charge in [0.05, 0.1) is 17.6 Å². The summed E-state index contributed by atoms with van der Waals surface area (Å²) in [4.78, 5) is 16.3. The Hall–Kier alpha value is -1.72. The first-order valence-electron chi connectivity index (χ1n) is 7.64. The molecule has 1 aromatic carbocycles. The second-order valence-corrected chi connectivity index (χ2v) is 8.04. The smallest absolute Gasteiger partial charge is 0.263 e. The number of nitrogens with one attached hydrogen (secondary N) is 3. The number of nitrogens with zero attached hydrogens (tertiary/aromatic N) is 1. The molecule has 1 fully saturated rings. The molecular weight excluding hydrogens is 400 g/mol. The van der Waals surface area contributed by atoms with Crippen LogP contribution in [-0.2, 0) is 19.6 Å². The van der Waals surface area contributed by atoms with Crippen LogP contribution in [0.4, 0.5) is 10.8 Å². The maximum atomic E-state index is 12.4. The zero-order valence-electron chi connectivity index (χ0n) is 13.8. The topological polar surface area (TPSA) is 109 Å². The number of rotatable bonds is 5. The highest BCUT2D eigenvalue weighted by Gasteiger charge is 2.28. The van der Waals surface area contributed by atoms with E-state index in [2.05, 4.69) is 20.3 Å². The van der Waals surface area contributed by atoms with Gasteiger partial charge in [0.2, 0.25) is 5.91 Å². The fourth-order valence-electron chi connectivity index (χ4n) is 2.44. The Labute approximate surface area is 161 Å². The number of morpholine rings is 1. The van der Waals surface area contributed by atoms with Gasteiger partial charge in [-0.3, -0.25) is 9.52 Å². The summed E-state index contributed by atoms with van der Waals surface area (Å²) in [7, 11) is -3.77. The molecule has 26 heavy (non-hydrogen) atoms. The van der Waals surface area contributed by atoms with E-state index in [0.717, 1.165) is 0 Å². The molecule has 2 heterocycles. The molecule has 0 aliphatic carbocycles. The molecule has 1 aliphatic heterocycles. The van der Waals surface area contributed by atoms with Crippen LogP contribution in [0.2, 0.25) is 0 Å². The first kappa shape index (κ1) is 20.6. The highest BCUT2D eigenvalue weighted by molar-refractivity contribution is 7.93. The lowest BCUT2D eigenvalue weighted by Gasteiger charge is -2.29. The van der Waals surface area contributed by atoms with Crippen LogP contribution in [0.1, 0.15) is 6.92 Å². The Balaban J connectivity index is 0.00000243. The van der Waals surface area contributed by atoms with Gasteiger partial charge in [0.1, 0.15) is 6.04 Å². The molecule has 8 nitrogen and oxygen atoms in total. The van der Waals surface area contributed by atoms with E-state index in [4.69, 9.17) is 4.74 Å². The van der Waals surface area contributed by atoms with Crippen molar-refractivity contribution in [2.45, 2.75) is 24.0 Å². The second kappa shape index (κ2) is 8.78. The number of benzene rings is 1. The van der Waals surface area contributed by atoms with Gasteiger partial charge in [-0.2, -0.15) is 0 Å². The lowest BCUT2D eigenvalue weighted by Crippen LogP contribution is -2.53. The van der Waals surface area contributed by atoms with Gasteiger partial charge in [-0.1, -0.05) is 6.07 Å². The number of sulfonamides is 1. The monoisotopic (exact) mass is 418 g/mol. The third kappa shape index (κ3) is 4.92. The number of amides is 1. The number of halogens is 1. The summed E-state index contributed by atoms with van der Waals surface area (Å²) in [6.45, 7) is 2.96. The van der Waals surface area contributed by atoms with Gasteiger partial charge in [-0.15, -0.1) is 23.7 Å². The summed E-state index contributed by atoms with van der Waals surface area (Å²) in [5.41, 5.74) is 0.395. The second-order valence-electron chi connectivity index (χ2n) is 5.47. The Bertz CT molecular complexity index is 845. The van der Waals surface area contributed by atoms with E-state index >= 15 is 0 Å². The third-order valence-corrected chi connectivity index (χ3v) is 5.82. The minimum absolute atomic E-state index is 0. The van der Waals surface area contributed by atoms with Crippen molar-refractivity contribution in [3.05, 3.63) is 35.8 Å². The molecule has 0 spiro atoms. The largest absolute Gasteiger partial charge is 0.375 e. The van der Waals surface area contributed by atoms with Crippen LogP contribution in [0.25, 0.3) is 0 Å². The summed E-state index contributed by atoms with van der Waals surface area (Å²) in [6.07, 6.45) is 1.26. The molecule has 1 saturated heterocycles. The Morgan fingerprint density at radius 1 is 1.42 bits per heavy atom. The maximum Gasteiger partial charge on any atom is 0.263 e. The van der Waals surface area contributed by atoms with Crippen molar-refractivity contribution in [1.82, 2.24) is 10.3 Å². The van der Waals surface area contributed by atoms with Gasteiger partial charge in [0.15, 0.2) is 5.13 Å². The van der Waals surface area contributed by atoms with Gasteiger partial charge in [0, 0.05) is 23.8 Å². The van der Waals surface area contributed by atoms with E-state index in [9.17, 15) is 13.2 Å². The first-order valence-corrected chi connectivity index (χ1v) is 10.0. The van der Waals surface area contributed by atoms with E-state index in [1.54, 1.807) is 17.5 Å². The molecule has 1 amide bonds. The molecule has 1 aromatic heterocycles. The van der Waals surface area contributed by atoms with Crippen LogP contribution in [-0.4, -0.2) is 44.6 Å². The molecule has 2 aromatic rings. The molecule has 0 bridgehead atoms. The van der Waals surface area contributed by atoms with Crippen LogP contribution in [0.5, 0.6) is 0 Å². The average Bonchev–Trinajstić information content (AvgIpc) is 3.07. The van der Waals surface area contributed by atoms with E-state index in [1.807, 2.05) is 6.92 Å². The number of aromatic nitrogens is 1. The van der Waals surface area contributed by atoms with Crippen molar-refractivity contribution in [1.29, 1.82) is 0 Å². The highest BCUT2D eigenvalue weighted by Crippen LogP contribution is 2.21. The predicted octanol–water partition coefficient (Wildman–Crippen LogP) is 1.68. The van der Waals surface area contributed by atoms with Crippen LogP contribution in [0.3, 0.4) is 0 Å². The van der Waals surface area contributed by atoms with Crippen LogP contribution >= 0.6 is 23.7 Å². The third-order valence-electron chi connectivity index (χ3n) is 3.66. The van der Waals surface area contributed by atoms with E-state index in [1.165, 1.54) is 29.7 Å². The molecule has 11 heteroatoms. The molecule has 3 N–H and O–H groups in total. The SMILES string of the molecule is C[C@H]1OCCN[C@@H]1C(=O)Nc1cccc(S(=O)(=O)Nc2nccs2)c1.Cl. The highest BCUT2D eigenvalue weighted by atomic mass is 35.5. The maximum absolute atomic E-state index is 12.4. The number of hydrogen-bond donors (Lipinski definition) is 3. The van der Waals surface area contributed by atoms with Gasteiger partial charge < -0.3 is 15.4 Å². The van der Waals surface area contributed by atoms with Crippen LogP contribution in [0.15, 0.2) is 40.7 Å².